The number of hydrogen-bond donors (Lipinski definition) is 3. The molecule has 4 N–H and O–H groups in total. The first kappa shape index (κ1) is 22.2. The largest absolute Gasteiger partial charge is 0.390 e. The first-order chi connectivity index (χ1) is 15.0. The van der Waals surface area contributed by atoms with Crippen molar-refractivity contribution in [3.63, 3.8) is 0 Å². The number of nitrogens with one attached hydrogen (secondary N) is 1. The number of likely N-dealkylation sites (tertiary alicyclic amines) is 1. The second-order valence-electron chi connectivity index (χ2n) is 12.7. The van der Waals surface area contributed by atoms with Crippen molar-refractivity contribution in [3.05, 3.63) is 11.4 Å². The quantitative estimate of drug-likeness (QED) is 0.550. The van der Waals surface area contributed by atoms with Gasteiger partial charge in [0.25, 0.3) is 5.91 Å². The SMILES string of the molecule is [C-]#[N+]C1CC2(C)CC2N1C(=O)C(NC(=O)C(N)CC(C)C)C12CC3CC(CC(O)(C3)C1)C2. The van der Waals surface area contributed by atoms with E-state index in [1.165, 1.54) is 0 Å². The van der Waals surface area contributed by atoms with E-state index in [9.17, 15) is 14.7 Å². The van der Waals surface area contributed by atoms with Gasteiger partial charge in [0, 0.05) is 11.5 Å². The third-order valence-corrected chi connectivity index (χ3v) is 9.30. The van der Waals surface area contributed by atoms with Crippen LogP contribution in [0.5, 0.6) is 0 Å². The number of nitrogens with zero attached hydrogens (tertiary/aromatic N) is 2. The van der Waals surface area contributed by atoms with E-state index >= 15 is 0 Å². The fourth-order valence-electron chi connectivity index (χ4n) is 8.28. The van der Waals surface area contributed by atoms with Crippen molar-refractivity contribution in [2.24, 2.45) is 34.3 Å². The molecule has 0 spiro atoms. The van der Waals surface area contributed by atoms with Crippen molar-refractivity contribution in [3.8, 4) is 0 Å². The second kappa shape index (κ2) is 7.17. The topological polar surface area (TPSA) is 100 Å². The molecule has 5 aliphatic carbocycles. The lowest BCUT2D eigenvalue weighted by Gasteiger charge is -2.62. The van der Waals surface area contributed by atoms with Gasteiger partial charge in [-0.3, -0.25) is 19.3 Å². The number of amides is 2. The predicted molar refractivity (Wildman–Crippen MR) is 120 cm³/mol. The summed E-state index contributed by atoms with van der Waals surface area (Å²) in [5.74, 6) is 0.686. The van der Waals surface area contributed by atoms with Crippen molar-refractivity contribution in [2.75, 3.05) is 0 Å². The number of nitrogens with two attached hydrogens (primary N) is 1. The Labute approximate surface area is 191 Å². The minimum absolute atomic E-state index is 0.0349. The van der Waals surface area contributed by atoms with Crippen LogP contribution in [0.15, 0.2) is 0 Å². The van der Waals surface area contributed by atoms with Crippen LogP contribution in [0.25, 0.3) is 4.85 Å². The molecule has 1 heterocycles. The van der Waals surface area contributed by atoms with E-state index in [4.69, 9.17) is 12.3 Å². The van der Waals surface area contributed by atoms with Crippen LogP contribution in [0.1, 0.15) is 78.6 Å². The number of fused-ring (bicyclic) bond motifs is 1. The van der Waals surface area contributed by atoms with E-state index in [1.807, 2.05) is 13.8 Å². The molecule has 7 atom stereocenters. The molecule has 6 rings (SSSR count). The van der Waals surface area contributed by atoms with Gasteiger partial charge in [-0.05, 0) is 74.5 Å². The lowest BCUT2D eigenvalue weighted by Crippen LogP contribution is -2.67. The van der Waals surface area contributed by atoms with Gasteiger partial charge in [0.05, 0.1) is 18.1 Å². The Kier molecular flexibility index (Phi) is 4.97. The van der Waals surface area contributed by atoms with E-state index in [2.05, 4.69) is 17.1 Å². The van der Waals surface area contributed by atoms with Crippen molar-refractivity contribution in [1.82, 2.24) is 10.2 Å². The highest BCUT2D eigenvalue weighted by molar-refractivity contribution is 5.91. The van der Waals surface area contributed by atoms with Crippen LogP contribution in [0.3, 0.4) is 0 Å². The minimum atomic E-state index is -0.730. The molecule has 4 bridgehead atoms. The van der Waals surface area contributed by atoms with Gasteiger partial charge in [-0.25, -0.2) is 6.57 Å². The lowest BCUT2D eigenvalue weighted by atomic mass is 9.46. The third kappa shape index (κ3) is 3.45. The molecule has 0 radical (unpaired) electrons. The Morgan fingerprint density at radius 3 is 2.41 bits per heavy atom. The van der Waals surface area contributed by atoms with E-state index in [0.29, 0.717) is 31.1 Å². The molecule has 7 nitrogen and oxygen atoms in total. The monoisotopic (exact) mass is 442 g/mol. The molecule has 6 fully saturated rings. The molecule has 7 unspecified atom stereocenters. The van der Waals surface area contributed by atoms with Crippen molar-refractivity contribution in [1.29, 1.82) is 0 Å². The highest BCUT2D eigenvalue weighted by atomic mass is 16.3. The molecule has 176 valence electrons. The number of carbonyl (C=O) groups excluding carboxylic acids is 2. The van der Waals surface area contributed by atoms with Crippen LogP contribution >= 0.6 is 0 Å². The fraction of sp³-hybridized carbons (Fsp3) is 0.880. The number of piperidine rings is 1. The summed E-state index contributed by atoms with van der Waals surface area (Å²) in [7, 11) is 0. The maximum Gasteiger partial charge on any atom is 0.301 e. The molecular weight excluding hydrogens is 404 g/mol. The Morgan fingerprint density at radius 1 is 1.19 bits per heavy atom. The summed E-state index contributed by atoms with van der Waals surface area (Å²) in [5, 5.41) is 14.4. The molecule has 0 aromatic carbocycles. The molecule has 1 aliphatic heterocycles. The summed E-state index contributed by atoms with van der Waals surface area (Å²) in [6, 6.07) is -1.28. The van der Waals surface area contributed by atoms with E-state index in [-0.39, 0.29) is 29.2 Å². The van der Waals surface area contributed by atoms with Gasteiger partial charge in [0.15, 0.2) is 0 Å². The standard InChI is InChI=1S/C25H38N4O3/c1-14(2)5-17(26)21(30)28-20(22(31)29-18-11-23(18,3)12-19(29)27-4)24-7-15-6-16(8-24)10-25(32,9-15)13-24/h14-20,32H,5-13,26H2,1-3H3,(H,28,30). The highest BCUT2D eigenvalue weighted by Gasteiger charge is 2.68. The maximum atomic E-state index is 14.1. The Morgan fingerprint density at radius 2 is 1.84 bits per heavy atom. The second-order valence-corrected chi connectivity index (χ2v) is 12.7. The molecule has 0 aromatic rings. The van der Waals surface area contributed by atoms with E-state index in [1.54, 1.807) is 4.90 Å². The average molecular weight is 443 g/mol. The molecule has 7 heteroatoms. The molecule has 0 aromatic heterocycles. The average Bonchev–Trinajstić information content (AvgIpc) is 3.23. The lowest BCUT2D eigenvalue weighted by molar-refractivity contribution is -0.182. The zero-order chi connectivity index (χ0) is 23.1. The highest BCUT2D eigenvalue weighted by Crippen LogP contribution is 2.64. The Hall–Kier alpha value is -1.65. The summed E-state index contributed by atoms with van der Waals surface area (Å²) in [6.07, 6.45) is 6.76. The Balaban J connectivity index is 1.47. The third-order valence-electron chi connectivity index (χ3n) is 9.30. The smallest absolute Gasteiger partial charge is 0.301 e. The van der Waals surface area contributed by atoms with Gasteiger partial charge >= 0.3 is 6.17 Å². The summed E-state index contributed by atoms with van der Waals surface area (Å²) in [4.78, 5) is 32.9. The first-order valence-electron chi connectivity index (χ1n) is 12.4. The zero-order valence-corrected chi connectivity index (χ0v) is 19.6. The fourth-order valence-corrected chi connectivity index (χ4v) is 8.28. The van der Waals surface area contributed by atoms with Crippen LogP contribution in [0.4, 0.5) is 0 Å². The first-order valence-corrected chi connectivity index (χ1v) is 12.4. The van der Waals surface area contributed by atoms with Crippen LogP contribution in [-0.4, -0.2) is 51.7 Å². The number of hydrogen-bond acceptors (Lipinski definition) is 4. The van der Waals surface area contributed by atoms with Crippen molar-refractivity contribution < 1.29 is 14.7 Å². The molecular formula is C25H38N4O3. The summed E-state index contributed by atoms with van der Waals surface area (Å²) in [6.45, 7) is 13.9. The van der Waals surface area contributed by atoms with E-state index < -0.39 is 29.3 Å². The molecule has 6 aliphatic rings. The van der Waals surface area contributed by atoms with Crippen LogP contribution in [0, 0.1) is 35.2 Å². The van der Waals surface area contributed by atoms with Gasteiger partial charge in [-0.15, -0.1) is 0 Å². The van der Waals surface area contributed by atoms with Crippen LogP contribution in [-0.2, 0) is 9.59 Å². The van der Waals surface area contributed by atoms with Crippen molar-refractivity contribution >= 4 is 11.8 Å². The normalized spacial score (nSPS) is 45.3. The van der Waals surface area contributed by atoms with Gasteiger partial charge in [0.2, 0.25) is 5.91 Å². The van der Waals surface area contributed by atoms with Crippen LogP contribution in [0.2, 0.25) is 0 Å². The van der Waals surface area contributed by atoms with Gasteiger partial charge in [-0.1, -0.05) is 20.8 Å². The number of carbonyl (C=O) groups is 2. The van der Waals surface area contributed by atoms with Crippen LogP contribution < -0.4 is 11.1 Å². The van der Waals surface area contributed by atoms with E-state index in [0.717, 1.165) is 38.5 Å². The molecule has 1 saturated heterocycles. The van der Waals surface area contributed by atoms with Gasteiger partial charge in [0.1, 0.15) is 6.04 Å². The summed E-state index contributed by atoms with van der Waals surface area (Å²) < 4.78 is 0. The minimum Gasteiger partial charge on any atom is -0.390 e. The predicted octanol–water partition coefficient (Wildman–Crippen LogP) is 2.43. The number of aliphatic hydroxyl groups is 1. The van der Waals surface area contributed by atoms with Crippen molar-refractivity contribution in [2.45, 2.75) is 108 Å². The zero-order valence-electron chi connectivity index (χ0n) is 19.6. The molecule has 5 saturated carbocycles. The Bertz CT molecular complexity index is 852. The maximum absolute atomic E-state index is 14.1. The molecule has 2 amide bonds. The number of rotatable bonds is 6. The summed E-state index contributed by atoms with van der Waals surface area (Å²) >= 11 is 0. The molecule has 32 heavy (non-hydrogen) atoms. The van der Waals surface area contributed by atoms with Gasteiger partial charge in [-0.2, -0.15) is 0 Å². The summed E-state index contributed by atoms with van der Waals surface area (Å²) in [5.41, 5.74) is 5.08. The van der Waals surface area contributed by atoms with Gasteiger partial charge < -0.3 is 16.2 Å².